The van der Waals surface area contributed by atoms with Crippen molar-refractivity contribution < 1.29 is 19.2 Å². The second-order valence-electron chi connectivity index (χ2n) is 7.82. The SMILES string of the molecule is COc1cccc(OC)c1C(=O)N1CC[NH+](C[C@H]2C[C@H]3C=C[C@H]2C3)CC1. The van der Waals surface area contributed by atoms with Gasteiger partial charge in [-0.1, -0.05) is 18.2 Å². The summed E-state index contributed by atoms with van der Waals surface area (Å²) in [6.45, 7) is 4.91. The highest BCUT2D eigenvalue weighted by Gasteiger charge is 2.38. The van der Waals surface area contributed by atoms with E-state index in [2.05, 4.69) is 12.2 Å². The van der Waals surface area contributed by atoms with Crippen LogP contribution in [0.25, 0.3) is 0 Å². The molecule has 5 nitrogen and oxygen atoms in total. The molecule has 1 N–H and O–H groups in total. The van der Waals surface area contributed by atoms with E-state index in [1.807, 2.05) is 23.1 Å². The number of allylic oxidation sites excluding steroid dienone is 2. The fourth-order valence-corrected chi connectivity index (χ4v) is 4.95. The van der Waals surface area contributed by atoms with Crippen molar-refractivity contribution in [2.24, 2.45) is 17.8 Å². The van der Waals surface area contributed by atoms with Gasteiger partial charge in [0.15, 0.2) is 0 Å². The van der Waals surface area contributed by atoms with Gasteiger partial charge in [-0.3, -0.25) is 4.79 Å². The lowest BCUT2D eigenvalue weighted by molar-refractivity contribution is -0.907. The molecule has 1 amide bonds. The molecule has 1 aromatic rings. The molecule has 0 radical (unpaired) electrons. The number of carbonyl (C=O) groups excluding carboxylic acids is 1. The van der Waals surface area contributed by atoms with Gasteiger partial charge in [-0.2, -0.15) is 0 Å². The van der Waals surface area contributed by atoms with E-state index >= 15 is 0 Å². The van der Waals surface area contributed by atoms with Crippen LogP contribution in [0.2, 0.25) is 0 Å². The van der Waals surface area contributed by atoms with Crippen LogP contribution < -0.4 is 14.4 Å². The summed E-state index contributed by atoms with van der Waals surface area (Å²) in [6, 6.07) is 5.49. The van der Waals surface area contributed by atoms with Crippen LogP contribution in [0.3, 0.4) is 0 Å². The number of amides is 1. The van der Waals surface area contributed by atoms with Crippen LogP contribution in [0.5, 0.6) is 11.5 Å². The number of benzene rings is 1. The molecule has 1 aromatic carbocycles. The Morgan fingerprint density at radius 3 is 2.35 bits per heavy atom. The number of hydrogen-bond donors (Lipinski definition) is 1. The van der Waals surface area contributed by atoms with Gasteiger partial charge >= 0.3 is 0 Å². The Morgan fingerprint density at radius 2 is 1.81 bits per heavy atom. The first-order valence-corrected chi connectivity index (χ1v) is 9.71. The van der Waals surface area contributed by atoms with E-state index in [-0.39, 0.29) is 5.91 Å². The number of nitrogens with zero attached hydrogens (tertiary/aromatic N) is 1. The largest absolute Gasteiger partial charge is 0.496 e. The van der Waals surface area contributed by atoms with Crippen LogP contribution in [-0.2, 0) is 0 Å². The Hall–Kier alpha value is -2.01. The molecule has 140 valence electrons. The molecule has 4 rings (SSSR count). The van der Waals surface area contributed by atoms with Gasteiger partial charge in [0.25, 0.3) is 5.91 Å². The summed E-state index contributed by atoms with van der Waals surface area (Å²) in [5, 5.41) is 0. The predicted molar refractivity (Wildman–Crippen MR) is 99.9 cm³/mol. The van der Waals surface area contributed by atoms with Crippen molar-refractivity contribution in [2.45, 2.75) is 12.8 Å². The lowest BCUT2D eigenvalue weighted by Gasteiger charge is -2.34. The molecule has 26 heavy (non-hydrogen) atoms. The van der Waals surface area contributed by atoms with E-state index in [4.69, 9.17) is 9.47 Å². The molecule has 5 heteroatoms. The number of rotatable bonds is 5. The van der Waals surface area contributed by atoms with Crippen LogP contribution in [0.15, 0.2) is 30.4 Å². The van der Waals surface area contributed by atoms with Gasteiger partial charge in [0.05, 0.1) is 46.9 Å². The second-order valence-corrected chi connectivity index (χ2v) is 7.82. The quantitative estimate of drug-likeness (QED) is 0.807. The maximum absolute atomic E-state index is 13.1. The van der Waals surface area contributed by atoms with Crippen molar-refractivity contribution in [1.29, 1.82) is 0 Å². The molecule has 2 bridgehead atoms. The van der Waals surface area contributed by atoms with Gasteiger partial charge in [0.2, 0.25) is 0 Å². The number of ether oxygens (including phenoxy) is 2. The molecule has 2 fully saturated rings. The Kier molecular flexibility index (Phi) is 4.90. The first-order chi connectivity index (χ1) is 12.7. The van der Waals surface area contributed by atoms with Crippen LogP contribution in [0, 0.1) is 17.8 Å². The Morgan fingerprint density at radius 1 is 1.12 bits per heavy atom. The summed E-state index contributed by atoms with van der Waals surface area (Å²) < 4.78 is 10.8. The fourth-order valence-electron chi connectivity index (χ4n) is 4.95. The minimum Gasteiger partial charge on any atom is -0.496 e. The topological polar surface area (TPSA) is 43.2 Å². The second kappa shape index (κ2) is 7.31. The van der Waals surface area contributed by atoms with Gasteiger partial charge in [0, 0.05) is 5.92 Å². The van der Waals surface area contributed by atoms with Crippen LogP contribution in [-0.4, -0.2) is 57.8 Å². The average molecular weight is 357 g/mol. The third kappa shape index (κ3) is 3.20. The molecule has 3 atom stereocenters. The average Bonchev–Trinajstić information content (AvgIpc) is 3.30. The molecule has 2 aliphatic carbocycles. The molecular formula is C21H29N2O3+. The van der Waals surface area contributed by atoms with Gasteiger partial charge in [-0.05, 0) is 36.8 Å². The number of fused-ring (bicyclic) bond motifs is 2. The van der Waals surface area contributed by atoms with Crippen molar-refractivity contribution in [3.05, 3.63) is 35.9 Å². The van der Waals surface area contributed by atoms with Gasteiger partial charge < -0.3 is 19.3 Å². The predicted octanol–water partition coefficient (Wildman–Crippen LogP) is 1.26. The number of quaternary nitrogens is 1. The minimum atomic E-state index is 0.0150. The number of hydrogen-bond acceptors (Lipinski definition) is 3. The normalized spacial score (nSPS) is 27.8. The molecule has 0 unspecified atom stereocenters. The van der Waals surface area contributed by atoms with Crippen molar-refractivity contribution in [3.8, 4) is 11.5 Å². The zero-order valence-electron chi connectivity index (χ0n) is 15.7. The summed E-state index contributed by atoms with van der Waals surface area (Å²) in [5.41, 5.74) is 0.541. The van der Waals surface area contributed by atoms with Crippen molar-refractivity contribution >= 4 is 5.91 Å². The molecule has 3 aliphatic rings. The maximum Gasteiger partial charge on any atom is 0.261 e. The van der Waals surface area contributed by atoms with Crippen molar-refractivity contribution in [3.63, 3.8) is 0 Å². The number of carbonyl (C=O) groups is 1. The monoisotopic (exact) mass is 357 g/mol. The van der Waals surface area contributed by atoms with E-state index in [0.29, 0.717) is 17.1 Å². The van der Waals surface area contributed by atoms with Gasteiger partial charge in [-0.15, -0.1) is 0 Å². The molecule has 0 aromatic heterocycles. The third-order valence-electron chi connectivity index (χ3n) is 6.37. The number of nitrogens with one attached hydrogen (secondary N) is 1. The standard InChI is InChI=1S/C21H28N2O3/c1-25-18-4-3-5-19(26-2)20(18)21(24)23-10-8-22(9-11-23)14-17-13-15-6-7-16(17)12-15/h3-7,15-17H,8-14H2,1-2H3/p+1/t15-,16-,17+/m0/s1. The lowest BCUT2D eigenvalue weighted by atomic mass is 9.93. The molecule has 1 saturated carbocycles. The van der Waals surface area contributed by atoms with E-state index in [9.17, 15) is 4.79 Å². The Labute approximate surface area is 155 Å². The third-order valence-corrected chi connectivity index (χ3v) is 6.37. The van der Waals surface area contributed by atoms with Crippen molar-refractivity contribution in [2.75, 3.05) is 46.9 Å². The number of piperazine rings is 1. The molecule has 1 heterocycles. The smallest absolute Gasteiger partial charge is 0.261 e. The number of methoxy groups -OCH3 is 2. The molecule has 1 aliphatic heterocycles. The van der Waals surface area contributed by atoms with Crippen LogP contribution in [0.1, 0.15) is 23.2 Å². The summed E-state index contributed by atoms with van der Waals surface area (Å²) in [6.07, 6.45) is 7.58. The Bertz CT molecular complexity index is 672. The van der Waals surface area contributed by atoms with E-state index in [0.717, 1.165) is 43.9 Å². The zero-order valence-corrected chi connectivity index (χ0v) is 15.7. The summed E-state index contributed by atoms with van der Waals surface area (Å²) in [4.78, 5) is 16.7. The van der Waals surface area contributed by atoms with Gasteiger partial charge in [0.1, 0.15) is 17.1 Å². The molecular weight excluding hydrogens is 328 g/mol. The van der Waals surface area contributed by atoms with E-state index in [1.54, 1.807) is 19.1 Å². The highest BCUT2D eigenvalue weighted by molar-refractivity contribution is 5.99. The molecule has 1 saturated heterocycles. The zero-order chi connectivity index (χ0) is 18.1. The van der Waals surface area contributed by atoms with Crippen LogP contribution in [0.4, 0.5) is 0 Å². The van der Waals surface area contributed by atoms with Crippen molar-refractivity contribution in [1.82, 2.24) is 4.90 Å². The van der Waals surface area contributed by atoms with E-state index in [1.165, 1.54) is 19.4 Å². The van der Waals surface area contributed by atoms with E-state index < -0.39 is 0 Å². The highest BCUT2D eigenvalue weighted by Crippen LogP contribution is 2.42. The Balaban J connectivity index is 1.37. The first kappa shape index (κ1) is 17.4. The minimum absolute atomic E-state index is 0.0150. The molecule has 0 spiro atoms. The maximum atomic E-state index is 13.1. The summed E-state index contributed by atoms with van der Waals surface area (Å²) in [5.74, 6) is 3.67. The highest BCUT2D eigenvalue weighted by atomic mass is 16.5. The van der Waals surface area contributed by atoms with Gasteiger partial charge in [-0.25, -0.2) is 0 Å². The fraction of sp³-hybridized carbons (Fsp3) is 0.571. The van der Waals surface area contributed by atoms with Crippen LogP contribution >= 0.6 is 0 Å². The first-order valence-electron chi connectivity index (χ1n) is 9.71. The summed E-state index contributed by atoms with van der Waals surface area (Å²) in [7, 11) is 3.19. The summed E-state index contributed by atoms with van der Waals surface area (Å²) >= 11 is 0. The lowest BCUT2D eigenvalue weighted by Crippen LogP contribution is -3.15.